The summed E-state index contributed by atoms with van der Waals surface area (Å²) in [4.78, 5) is 3.35. The molecule has 2 aromatic rings. The summed E-state index contributed by atoms with van der Waals surface area (Å²) >= 11 is 2.67. The van der Waals surface area contributed by atoms with Crippen molar-refractivity contribution in [1.82, 2.24) is 9.55 Å². The number of nitrogens with zero attached hydrogens (tertiary/aromatic N) is 2. The Kier molecular flexibility index (Phi) is 1.37. The van der Waals surface area contributed by atoms with Gasteiger partial charge < -0.3 is 4.57 Å². The zero-order valence-corrected chi connectivity index (χ0v) is 9.49. The standard InChI is InChI=1S/C11H8BrF3N2/c1-7-5-17(6-16-7)10-3-8(11(13,14)15)2-9(12)4-10/h2-6H,1H3/i1D3,2D,3D,4D,5D,6D. The molecular weight excluding hydrogens is 297 g/mol. The Morgan fingerprint density at radius 2 is 2.18 bits per heavy atom. The normalized spacial score (nSPS) is 19.3. The predicted molar refractivity (Wildman–Crippen MR) is 61.0 cm³/mol. The van der Waals surface area contributed by atoms with Crippen molar-refractivity contribution in [2.24, 2.45) is 0 Å². The van der Waals surface area contributed by atoms with Gasteiger partial charge in [-0.05, 0) is 25.0 Å². The molecule has 0 amide bonds. The maximum Gasteiger partial charge on any atom is 0.416 e. The first-order valence-corrected chi connectivity index (χ1v) is 4.92. The number of halogens is 4. The van der Waals surface area contributed by atoms with Crippen LogP contribution < -0.4 is 0 Å². The van der Waals surface area contributed by atoms with Crippen LogP contribution >= 0.6 is 15.9 Å². The van der Waals surface area contributed by atoms with Crippen LogP contribution in [0.1, 0.15) is 22.2 Å². The molecule has 0 bridgehead atoms. The molecule has 0 saturated heterocycles. The topological polar surface area (TPSA) is 17.8 Å². The molecule has 1 aromatic heterocycles. The number of hydrogen-bond donors (Lipinski definition) is 0. The number of benzene rings is 1. The van der Waals surface area contributed by atoms with Crippen molar-refractivity contribution in [1.29, 1.82) is 0 Å². The second-order valence-electron chi connectivity index (χ2n) is 2.92. The molecule has 0 N–H and O–H groups in total. The first kappa shape index (κ1) is 5.56. The molecule has 0 radical (unpaired) electrons. The third-order valence-corrected chi connectivity index (χ3v) is 2.09. The van der Waals surface area contributed by atoms with Crippen LogP contribution in [0.15, 0.2) is 35.1 Å². The summed E-state index contributed by atoms with van der Waals surface area (Å²) in [7, 11) is 0. The summed E-state index contributed by atoms with van der Waals surface area (Å²) in [5.41, 5.74) is -3.36. The molecule has 1 heterocycles. The van der Waals surface area contributed by atoms with E-state index in [9.17, 15) is 13.2 Å². The highest BCUT2D eigenvalue weighted by atomic mass is 79.9. The fourth-order valence-electron chi connectivity index (χ4n) is 1.04. The summed E-state index contributed by atoms with van der Waals surface area (Å²) in [5, 5.41) is 0. The van der Waals surface area contributed by atoms with Crippen LogP contribution in [0.5, 0.6) is 0 Å². The van der Waals surface area contributed by atoms with Crippen LogP contribution in [0.3, 0.4) is 0 Å². The molecular formula is C11H8BrF3N2. The molecule has 1 aromatic carbocycles. The molecule has 0 saturated carbocycles. The molecule has 17 heavy (non-hydrogen) atoms. The van der Waals surface area contributed by atoms with Crippen LogP contribution in [0.2, 0.25) is 0 Å². The summed E-state index contributed by atoms with van der Waals surface area (Å²) < 4.78 is 99.6. The Morgan fingerprint density at radius 3 is 2.76 bits per heavy atom. The fourth-order valence-corrected chi connectivity index (χ4v) is 1.43. The number of aromatic nitrogens is 2. The zero-order chi connectivity index (χ0) is 19.5. The average molecular weight is 313 g/mol. The third-order valence-electron chi connectivity index (χ3n) is 1.69. The van der Waals surface area contributed by atoms with Crippen molar-refractivity contribution in [2.75, 3.05) is 0 Å². The van der Waals surface area contributed by atoms with Crippen molar-refractivity contribution in [3.05, 3.63) is 46.3 Å². The lowest BCUT2D eigenvalue weighted by atomic mass is 10.2. The number of aryl methyl sites for hydroxylation is 1. The molecule has 0 spiro atoms. The second kappa shape index (κ2) is 4.18. The van der Waals surface area contributed by atoms with Crippen molar-refractivity contribution >= 4 is 15.9 Å². The first-order valence-electron chi connectivity index (χ1n) is 8.12. The highest BCUT2D eigenvalue weighted by Crippen LogP contribution is 2.32. The van der Waals surface area contributed by atoms with Gasteiger partial charge in [-0.1, -0.05) is 15.9 Å². The quantitative estimate of drug-likeness (QED) is 0.779. The average Bonchev–Trinajstić information content (AvgIpc) is 2.72. The molecule has 0 fully saturated rings. The molecule has 2 nitrogen and oxygen atoms in total. The Labute approximate surface area is 115 Å². The van der Waals surface area contributed by atoms with Gasteiger partial charge in [-0.3, -0.25) is 0 Å². The Hall–Kier alpha value is -1.30. The minimum Gasteiger partial charge on any atom is -0.306 e. The van der Waals surface area contributed by atoms with Crippen LogP contribution in [0.4, 0.5) is 13.2 Å². The second-order valence-corrected chi connectivity index (χ2v) is 3.71. The van der Waals surface area contributed by atoms with Gasteiger partial charge in [0.05, 0.1) is 23.0 Å². The minimum absolute atomic E-state index is 0.367. The molecule has 0 aliphatic heterocycles. The number of alkyl halides is 3. The van der Waals surface area contributed by atoms with Gasteiger partial charge in [-0.2, -0.15) is 13.2 Å². The zero-order valence-electron chi connectivity index (χ0n) is 15.9. The molecule has 0 atom stereocenters. The lowest BCUT2D eigenvalue weighted by molar-refractivity contribution is -0.137. The molecule has 0 aliphatic carbocycles. The van der Waals surface area contributed by atoms with E-state index in [2.05, 4.69) is 20.9 Å². The summed E-state index contributed by atoms with van der Waals surface area (Å²) in [6.45, 7) is -2.90. The SMILES string of the molecule is [2H]c1c(Br)c([2H])c(C(F)(F)F)c([2H])c1-n1c([2H])nc(C([2H])([2H])[2H])c1[2H]. The van der Waals surface area contributed by atoms with Crippen LogP contribution in [0.25, 0.3) is 5.69 Å². The molecule has 0 aliphatic rings. The van der Waals surface area contributed by atoms with Gasteiger partial charge in [-0.15, -0.1) is 0 Å². The third kappa shape index (κ3) is 2.69. The van der Waals surface area contributed by atoms with Crippen molar-refractivity contribution in [3.8, 4) is 5.69 Å². The highest BCUT2D eigenvalue weighted by Gasteiger charge is 2.31. The van der Waals surface area contributed by atoms with E-state index in [-0.39, 0.29) is 0 Å². The lowest BCUT2D eigenvalue weighted by Crippen LogP contribution is -2.06. The molecule has 0 unspecified atom stereocenters. The van der Waals surface area contributed by atoms with E-state index < -0.39 is 65.0 Å². The van der Waals surface area contributed by atoms with E-state index in [1.165, 1.54) is 0 Å². The maximum atomic E-state index is 13.2. The van der Waals surface area contributed by atoms with E-state index in [4.69, 9.17) is 11.0 Å². The van der Waals surface area contributed by atoms with E-state index >= 15 is 0 Å². The highest BCUT2D eigenvalue weighted by molar-refractivity contribution is 9.10. The van der Waals surface area contributed by atoms with E-state index in [1.54, 1.807) is 0 Å². The summed E-state index contributed by atoms with van der Waals surface area (Å²) in [6.07, 6.45) is -6.93. The Morgan fingerprint density at radius 1 is 1.41 bits per heavy atom. The summed E-state index contributed by atoms with van der Waals surface area (Å²) in [5.74, 6) is 0. The van der Waals surface area contributed by atoms with Gasteiger partial charge in [0, 0.05) is 20.4 Å². The largest absolute Gasteiger partial charge is 0.416 e. The Bertz CT molecular complexity index is 859. The molecule has 90 valence electrons. The number of rotatable bonds is 1. The summed E-state index contributed by atoms with van der Waals surface area (Å²) in [6, 6.07) is -3.22. The van der Waals surface area contributed by atoms with Gasteiger partial charge in [-0.25, -0.2) is 4.98 Å². The maximum absolute atomic E-state index is 13.2. The van der Waals surface area contributed by atoms with Crippen molar-refractivity contribution < 1.29 is 24.1 Å². The van der Waals surface area contributed by atoms with Gasteiger partial charge in [0.15, 0.2) is 0 Å². The smallest absolute Gasteiger partial charge is 0.306 e. The van der Waals surface area contributed by atoms with Gasteiger partial charge >= 0.3 is 6.18 Å². The lowest BCUT2D eigenvalue weighted by Gasteiger charge is -2.10. The molecule has 2 rings (SSSR count). The molecule has 6 heteroatoms. The van der Waals surface area contributed by atoms with E-state index in [0.717, 1.165) is 0 Å². The fraction of sp³-hybridized carbons (Fsp3) is 0.182. The Balaban J connectivity index is 2.96. The van der Waals surface area contributed by atoms with Crippen molar-refractivity contribution in [2.45, 2.75) is 13.0 Å². The van der Waals surface area contributed by atoms with Crippen LogP contribution in [-0.2, 0) is 6.18 Å². The van der Waals surface area contributed by atoms with Crippen molar-refractivity contribution in [3.63, 3.8) is 0 Å². The number of hydrogen-bond acceptors (Lipinski definition) is 1. The number of imidazole rings is 1. The van der Waals surface area contributed by atoms with Gasteiger partial charge in [0.2, 0.25) is 0 Å². The monoisotopic (exact) mass is 312 g/mol. The minimum atomic E-state index is -5.10. The van der Waals surface area contributed by atoms with E-state index in [0.29, 0.717) is 4.57 Å². The van der Waals surface area contributed by atoms with E-state index in [1.807, 2.05) is 0 Å². The first-order chi connectivity index (χ1) is 11.2. The van der Waals surface area contributed by atoms with Gasteiger partial charge in [0.25, 0.3) is 0 Å². The van der Waals surface area contributed by atoms with Crippen LogP contribution in [0, 0.1) is 6.85 Å². The predicted octanol–water partition coefficient (Wildman–Crippen LogP) is 3.96. The van der Waals surface area contributed by atoms with Gasteiger partial charge in [0.1, 0.15) is 1.37 Å². The van der Waals surface area contributed by atoms with Crippen LogP contribution in [-0.4, -0.2) is 9.55 Å².